The summed E-state index contributed by atoms with van der Waals surface area (Å²) < 4.78 is 12.1. The molecule has 0 aromatic rings. The quantitative estimate of drug-likeness (QED) is 0.713. The number of carbonyl (C=O) groups excluding carboxylic acids is 2. The van der Waals surface area contributed by atoms with E-state index in [-0.39, 0.29) is 40.7 Å². The Labute approximate surface area is 161 Å². The second-order valence-corrected chi connectivity index (χ2v) is 11.2. The second-order valence-electron chi connectivity index (χ2n) is 11.2. The number of carbonyl (C=O) groups is 2. The van der Waals surface area contributed by atoms with E-state index in [0.29, 0.717) is 18.8 Å². The number of Topliss-reactive ketones (excluding diaryl/α,β-unsaturated/α-hetero) is 1. The number of hydrogen-bond donors (Lipinski definition) is 1. The van der Waals surface area contributed by atoms with Gasteiger partial charge in [-0.25, -0.2) is 0 Å². The largest absolute Gasteiger partial charge is 0.462 e. The predicted octanol–water partition coefficient (Wildman–Crippen LogP) is 2.88. The molecule has 0 aromatic heterocycles. The van der Waals surface area contributed by atoms with Gasteiger partial charge >= 0.3 is 5.97 Å². The third kappa shape index (κ3) is 1.98. The average molecular weight is 376 g/mol. The first-order valence-corrected chi connectivity index (χ1v) is 10.5. The highest BCUT2D eigenvalue weighted by Gasteiger charge is 2.77. The van der Waals surface area contributed by atoms with Crippen LogP contribution in [0.4, 0.5) is 0 Å². The molecular formula is C22H32O5. The fourth-order valence-corrected chi connectivity index (χ4v) is 8.85. The van der Waals surface area contributed by atoms with E-state index in [4.69, 9.17) is 9.47 Å². The van der Waals surface area contributed by atoms with E-state index in [1.165, 1.54) is 6.92 Å². The van der Waals surface area contributed by atoms with Gasteiger partial charge in [-0.1, -0.05) is 20.8 Å². The van der Waals surface area contributed by atoms with Gasteiger partial charge in [-0.05, 0) is 43.4 Å². The summed E-state index contributed by atoms with van der Waals surface area (Å²) in [6, 6.07) is 0. The minimum absolute atomic E-state index is 0.0196. The van der Waals surface area contributed by atoms with E-state index >= 15 is 0 Å². The standard InChI is InChI=1S/C22H32O5/c1-11(23)26-16-7-15(25)21(5)17(19(16,2)3)13(24)9-22-8-12-6-14(18(21)22)27-20(12,4)10-22/h12,14-18,25H,6-10H2,1-5H3. The molecule has 6 aliphatic rings. The summed E-state index contributed by atoms with van der Waals surface area (Å²) in [5.41, 5.74) is -1.13. The average Bonchev–Trinajstić information content (AvgIpc) is 2.85. The molecule has 0 aromatic carbocycles. The van der Waals surface area contributed by atoms with Crippen LogP contribution >= 0.6 is 0 Å². The monoisotopic (exact) mass is 376 g/mol. The van der Waals surface area contributed by atoms with Crippen LogP contribution in [-0.4, -0.2) is 40.8 Å². The molecule has 1 spiro atoms. The first-order chi connectivity index (χ1) is 12.4. The van der Waals surface area contributed by atoms with Gasteiger partial charge in [-0.2, -0.15) is 0 Å². The first-order valence-electron chi connectivity index (χ1n) is 10.5. The molecule has 4 bridgehead atoms. The lowest BCUT2D eigenvalue weighted by atomic mass is 9.39. The molecule has 0 radical (unpaired) electrons. The van der Waals surface area contributed by atoms with Crippen LogP contribution in [0.3, 0.4) is 0 Å². The van der Waals surface area contributed by atoms with E-state index < -0.39 is 23.0 Å². The molecular weight excluding hydrogens is 344 g/mol. The summed E-state index contributed by atoms with van der Waals surface area (Å²) in [6.07, 6.45) is 3.07. The topological polar surface area (TPSA) is 72.8 Å². The van der Waals surface area contributed by atoms with Gasteiger partial charge in [0.25, 0.3) is 0 Å². The number of aliphatic hydroxyl groups excluding tert-OH is 1. The van der Waals surface area contributed by atoms with Crippen molar-refractivity contribution in [3.05, 3.63) is 0 Å². The molecule has 2 heterocycles. The summed E-state index contributed by atoms with van der Waals surface area (Å²) in [6.45, 7) is 9.82. The zero-order valence-electron chi connectivity index (χ0n) is 17.1. The van der Waals surface area contributed by atoms with Crippen molar-refractivity contribution >= 4 is 11.8 Å². The Morgan fingerprint density at radius 2 is 1.93 bits per heavy atom. The third-order valence-corrected chi connectivity index (χ3v) is 9.37. The number of esters is 1. The second kappa shape index (κ2) is 4.96. The van der Waals surface area contributed by atoms with Crippen LogP contribution < -0.4 is 0 Å². The fraction of sp³-hybridized carbons (Fsp3) is 0.909. The number of rotatable bonds is 1. The maximum absolute atomic E-state index is 13.6. The Bertz CT molecular complexity index is 730. The van der Waals surface area contributed by atoms with Crippen molar-refractivity contribution in [1.82, 2.24) is 0 Å². The van der Waals surface area contributed by atoms with Gasteiger partial charge in [0.2, 0.25) is 0 Å². The van der Waals surface area contributed by atoms with Crippen LogP contribution in [0.2, 0.25) is 0 Å². The van der Waals surface area contributed by atoms with Crippen molar-refractivity contribution in [2.24, 2.45) is 34.0 Å². The van der Waals surface area contributed by atoms with Crippen molar-refractivity contribution in [3.63, 3.8) is 0 Å². The summed E-state index contributed by atoms with van der Waals surface area (Å²) >= 11 is 0. The number of ether oxygens (including phenoxy) is 2. The van der Waals surface area contributed by atoms with Gasteiger partial charge in [-0.3, -0.25) is 9.59 Å². The maximum atomic E-state index is 13.6. The van der Waals surface area contributed by atoms with Gasteiger partial charge in [0, 0.05) is 36.5 Å². The molecule has 9 atom stereocenters. The molecule has 5 nitrogen and oxygen atoms in total. The molecule has 2 saturated heterocycles. The predicted molar refractivity (Wildman–Crippen MR) is 97.7 cm³/mol. The first kappa shape index (κ1) is 18.1. The molecule has 9 unspecified atom stereocenters. The molecule has 6 rings (SSSR count). The van der Waals surface area contributed by atoms with Crippen molar-refractivity contribution in [3.8, 4) is 0 Å². The summed E-state index contributed by atoms with van der Waals surface area (Å²) in [4.78, 5) is 25.2. The van der Waals surface area contributed by atoms with E-state index in [1.807, 2.05) is 13.8 Å². The van der Waals surface area contributed by atoms with Crippen LogP contribution in [0.5, 0.6) is 0 Å². The van der Waals surface area contributed by atoms with Crippen molar-refractivity contribution in [1.29, 1.82) is 0 Å². The Hall–Kier alpha value is -0.940. The highest BCUT2D eigenvalue weighted by molar-refractivity contribution is 5.85. The SMILES string of the molecule is CC(=O)OC1CC(O)C2(C)C3C4CC5CC3(CC(=O)C2C1(C)C)CC5(C)O4. The van der Waals surface area contributed by atoms with Crippen LogP contribution in [0, 0.1) is 34.0 Å². The molecule has 6 fully saturated rings. The van der Waals surface area contributed by atoms with E-state index in [9.17, 15) is 14.7 Å². The smallest absolute Gasteiger partial charge is 0.302 e. The molecule has 4 saturated carbocycles. The van der Waals surface area contributed by atoms with Crippen LogP contribution in [0.25, 0.3) is 0 Å². The Balaban J connectivity index is 1.61. The summed E-state index contributed by atoms with van der Waals surface area (Å²) in [7, 11) is 0. The molecule has 2 aliphatic heterocycles. The normalized spacial score (nSPS) is 57.3. The highest BCUT2D eigenvalue weighted by atomic mass is 16.5. The van der Waals surface area contributed by atoms with Gasteiger partial charge in [0.1, 0.15) is 11.9 Å². The molecule has 4 aliphatic carbocycles. The summed E-state index contributed by atoms with van der Waals surface area (Å²) in [5, 5.41) is 11.4. The molecule has 1 N–H and O–H groups in total. The number of hydrogen-bond acceptors (Lipinski definition) is 5. The summed E-state index contributed by atoms with van der Waals surface area (Å²) in [5.74, 6) is 0.334. The molecule has 27 heavy (non-hydrogen) atoms. The van der Waals surface area contributed by atoms with Crippen LogP contribution in [0.15, 0.2) is 0 Å². The van der Waals surface area contributed by atoms with Crippen molar-refractivity contribution in [2.45, 2.75) is 90.6 Å². The number of ketones is 1. The van der Waals surface area contributed by atoms with Crippen LogP contribution in [-0.2, 0) is 19.1 Å². The van der Waals surface area contributed by atoms with Gasteiger partial charge in [0.15, 0.2) is 0 Å². The highest BCUT2D eigenvalue weighted by Crippen LogP contribution is 2.76. The zero-order valence-corrected chi connectivity index (χ0v) is 17.1. The maximum Gasteiger partial charge on any atom is 0.302 e. The van der Waals surface area contributed by atoms with Gasteiger partial charge < -0.3 is 14.6 Å². The fourth-order valence-electron chi connectivity index (χ4n) is 8.85. The van der Waals surface area contributed by atoms with Gasteiger partial charge in [-0.15, -0.1) is 0 Å². The molecule has 0 amide bonds. The lowest BCUT2D eigenvalue weighted by molar-refractivity contribution is -0.261. The lowest BCUT2D eigenvalue weighted by Gasteiger charge is -2.67. The Morgan fingerprint density at radius 3 is 2.56 bits per heavy atom. The number of aliphatic hydroxyl groups is 1. The Kier molecular flexibility index (Phi) is 3.33. The van der Waals surface area contributed by atoms with Gasteiger partial charge in [0.05, 0.1) is 17.8 Å². The van der Waals surface area contributed by atoms with E-state index in [2.05, 4.69) is 13.8 Å². The Morgan fingerprint density at radius 1 is 1.22 bits per heavy atom. The molecule has 150 valence electrons. The van der Waals surface area contributed by atoms with E-state index in [0.717, 1.165) is 19.3 Å². The van der Waals surface area contributed by atoms with Crippen molar-refractivity contribution < 1.29 is 24.2 Å². The minimum Gasteiger partial charge on any atom is -0.462 e. The van der Waals surface area contributed by atoms with E-state index in [1.54, 1.807) is 0 Å². The minimum atomic E-state index is -0.668. The van der Waals surface area contributed by atoms with Crippen LogP contribution in [0.1, 0.15) is 66.7 Å². The van der Waals surface area contributed by atoms with Crippen molar-refractivity contribution in [2.75, 3.05) is 0 Å². The molecule has 5 heteroatoms. The lowest BCUT2D eigenvalue weighted by Crippen LogP contribution is -2.70. The zero-order chi connectivity index (χ0) is 19.6. The number of fused-ring (bicyclic) bond motifs is 1. The third-order valence-electron chi connectivity index (χ3n) is 9.37.